The van der Waals surface area contributed by atoms with Gasteiger partial charge < -0.3 is 4.57 Å². The van der Waals surface area contributed by atoms with E-state index in [4.69, 9.17) is 16.6 Å². The van der Waals surface area contributed by atoms with E-state index in [2.05, 4.69) is 34.3 Å². The number of thioether (sulfide) groups is 1. The van der Waals surface area contributed by atoms with E-state index in [0.717, 1.165) is 11.3 Å². The maximum Gasteiger partial charge on any atom is 0.128 e. The number of hydrogen-bond donors (Lipinski definition) is 0. The lowest BCUT2D eigenvalue weighted by Crippen LogP contribution is -2.19. The smallest absolute Gasteiger partial charge is 0.128 e. The SMILES string of the molecule is CCSC1CCCC1n1c(C(C)Cl)nc2cnccc21. The van der Waals surface area contributed by atoms with Crippen LogP contribution in [0.2, 0.25) is 0 Å². The molecule has 2 aromatic rings. The number of rotatable bonds is 4. The summed E-state index contributed by atoms with van der Waals surface area (Å²) in [6, 6.07) is 2.58. The zero-order valence-corrected chi connectivity index (χ0v) is 13.5. The summed E-state index contributed by atoms with van der Waals surface area (Å²) in [7, 11) is 0. The first kappa shape index (κ1) is 14.2. The van der Waals surface area contributed by atoms with E-state index < -0.39 is 0 Å². The van der Waals surface area contributed by atoms with Gasteiger partial charge in [-0.05, 0) is 31.6 Å². The van der Waals surface area contributed by atoms with Gasteiger partial charge in [0.25, 0.3) is 0 Å². The van der Waals surface area contributed by atoms with Crippen molar-refractivity contribution in [1.82, 2.24) is 14.5 Å². The lowest BCUT2D eigenvalue weighted by molar-refractivity contribution is 0.519. The highest BCUT2D eigenvalue weighted by Gasteiger charge is 2.32. The van der Waals surface area contributed by atoms with Gasteiger partial charge in [-0.25, -0.2) is 4.98 Å². The van der Waals surface area contributed by atoms with Gasteiger partial charge in [0.2, 0.25) is 0 Å². The van der Waals surface area contributed by atoms with Crippen LogP contribution in [0.3, 0.4) is 0 Å². The van der Waals surface area contributed by atoms with Crippen LogP contribution in [0.5, 0.6) is 0 Å². The first-order chi connectivity index (χ1) is 9.72. The maximum absolute atomic E-state index is 6.37. The minimum Gasteiger partial charge on any atom is -0.322 e. The molecule has 3 nitrogen and oxygen atoms in total. The Labute approximate surface area is 129 Å². The highest BCUT2D eigenvalue weighted by atomic mass is 35.5. The maximum atomic E-state index is 6.37. The predicted molar refractivity (Wildman–Crippen MR) is 86.6 cm³/mol. The number of hydrogen-bond acceptors (Lipinski definition) is 3. The van der Waals surface area contributed by atoms with E-state index in [-0.39, 0.29) is 5.38 Å². The van der Waals surface area contributed by atoms with Crippen molar-refractivity contribution in [1.29, 1.82) is 0 Å². The molecule has 2 aromatic heterocycles. The lowest BCUT2D eigenvalue weighted by Gasteiger charge is -2.23. The molecule has 0 radical (unpaired) electrons. The average Bonchev–Trinajstić information content (AvgIpc) is 3.02. The van der Waals surface area contributed by atoms with Gasteiger partial charge >= 0.3 is 0 Å². The standard InChI is InChI=1S/C15H20ClN3S/c1-3-20-14-6-4-5-13(14)19-12-7-8-17-9-11(12)18-15(19)10(2)16/h7-10,13-14H,3-6H2,1-2H3. The van der Waals surface area contributed by atoms with E-state index in [0.29, 0.717) is 11.3 Å². The van der Waals surface area contributed by atoms with Crippen molar-refractivity contribution in [2.24, 2.45) is 0 Å². The van der Waals surface area contributed by atoms with Gasteiger partial charge in [0.05, 0.1) is 17.1 Å². The Balaban J connectivity index is 2.11. The second-order valence-corrected chi connectivity index (χ2v) is 7.48. The molecule has 5 heteroatoms. The Morgan fingerprint density at radius 3 is 3.10 bits per heavy atom. The molecule has 1 aliphatic rings. The van der Waals surface area contributed by atoms with Gasteiger partial charge in [0.15, 0.2) is 0 Å². The van der Waals surface area contributed by atoms with Crippen LogP contribution in [0.15, 0.2) is 18.5 Å². The van der Waals surface area contributed by atoms with Crippen molar-refractivity contribution < 1.29 is 0 Å². The first-order valence-corrected chi connectivity index (χ1v) is 8.78. The van der Waals surface area contributed by atoms with Crippen LogP contribution < -0.4 is 0 Å². The van der Waals surface area contributed by atoms with Crippen molar-refractivity contribution in [2.75, 3.05) is 5.75 Å². The van der Waals surface area contributed by atoms with E-state index >= 15 is 0 Å². The number of nitrogens with zero attached hydrogens (tertiary/aromatic N) is 3. The second kappa shape index (κ2) is 5.94. The van der Waals surface area contributed by atoms with Gasteiger partial charge in [-0.2, -0.15) is 11.8 Å². The van der Waals surface area contributed by atoms with Crippen LogP contribution in [0.1, 0.15) is 50.4 Å². The first-order valence-electron chi connectivity index (χ1n) is 7.30. The Morgan fingerprint density at radius 1 is 1.50 bits per heavy atom. The van der Waals surface area contributed by atoms with Crippen LogP contribution in [0.25, 0.3) is 11.0 Å². The molecule has 0 amide bonds. The van der Waals surface area contributed by atoms with Gasteiger partial charge in [0.1, 0.15) is 11.3 Å². The molecule has 0 aliphatic heterocycles. The molecule has 0 aromatic carbocycles. The van der Waals surface area contributed by atoms with Gasteiger partial charge in [-0.15, -0.1) is 11.6 Å². The molecule has 0 bridgehead atoms. The monoisotopic (exact) mass is 309 g/mol. The molecule has 0 saturated heterocycles. The number of halogens is 1. The van der Waals surface area contributed by atoms with Crippen molar-refractivity contribution in [3.63, 3.8) is 0 Å². The number of aromatic nitrogens is 3. The Hall–Kier alpha value is -0.740. The van der Waals surface area contributed by atoms with Crippen LogP contribution in [-0.2, 0) is 0 Å². The molecule has 3 unspecified atom stereocenters. The lowest BCUT2D eigenvalue weighted by atomic mass is 10.2. The fourth-order valence-corrected chi connectivity index (χ4v) is 4.60. The third-order valence-corrected chi connectivity index (χ3v) is 5.51. The summed E-state index contributed by atoms with van der Waals surface area (Å²) in [5.41, 5.74) is 2.14. The molecule has 1 aliphatic carbocycles. The molecule has 108 valence electrons. The number of pyridine rings is 1. The number of fused-ring (bicyclic) bond motifs is 1. The van der Waals surface area contributed by atoms with Crippen molar-refractivity contribution in [3.8, 4) is 0 Å². The molecule has 0 N–H and O–H groups in total. The summed E-state index contributed by atoms with van der Waals surface area (Å²) < 4.78 is 2.38. The minimum absolute atomic E-state index is 0.0738. The molecule has 2 heterocycles. The van der Waals surface area contributed by atoms with Gasteiger partial charge in [0, 0.05) is 17.5 Å². The van der Waals surface area contributed by atoms with Crippen LogP contribution >= 0.6 is 23.4 Å². The van der Waals surface area contributed by atoms with Crippen LogP contribution in [0, 0.1) is 0 Å². The summed E-state index contributed by atoms with van der Waals surface area (Å²) >= 11 is 8.44. The summed E-state index contributed by atoms with van der Waals surface area (Å²) in [5, 5.41) is 0.606. The third-order valence-electron chi connectivity index (χ3n) is 4.00. The van der Waals surface area contributed by atoms with Crippen LogP contribution in [0.4, 0.5) is 0 Å². The fraction of sp³-hybridized carbons (Fsp3) is 0.600. The zero-order chi connectivity index (χ0) is 14.1. The highest BCUT2D eigenvalue weighted by Crippen LogP contribution is 2.41. The van der Waals surface area contributed by atoms with E-state index in [1.54, 1.807) is 0 Å². The molecule has 1 fully saturated rings. The van der Waals surface area contributed by atoms with Crippen molar-refractivity contribution >= 4 is 34.4 Å². The van der Waals surface area contributed by atoms with Crippen LogP contribution in [-0.4, -0.2) is 25.5 Å². The molecule has 20 heavy (non-hydrogen) atoms. The van der Waals surface area contributed by atoms with E-state index in [1.807, 2.05) is 19.3 Å². The predicted octanol–water partition coefficient (Wildman–Crippen LogP) is 4.58. The molecule has 1 saturated carbocycles. The number of imidazole rings is 1. The molecule has 3 rings (SSSR count). The Morgan fingerprint density at radius 2 is 2.35 bits per heavy atom. The van der Waals surface area contributed by atoms with Gasteiger partial charge in [-0.1, -0.05) is 13.3 Å². The third kappa shape index (κ3) is 2.44. The minimum atomic E-state index is -0.0738. The summed E-state index contributed by atoms with van der Waals surface area (Å²) in [4.78, 5) is 8.90. The zero-order valence-electron chi connectivity index (χ0n) is 11.9. The fourth-order valence-electron chi connectivity index (χ4n) is 3.21. The van der Waals surface area contributed by atoms with Crippen molar-refractivity contribution in [3.05, 3.63) is 24.3 Å². The largest absolute Gasteiger partial charge is 0.322 e. The molecule has 3 atom stereocenters. The normalized spacial score (nSPS) is 24.4. The topological polar surface area (TPSA) is 30.7 Å². The molecular weight excluding hydrogens is 290 g/mol. The van der Waals surface area contributed by atoms with E-state index in [9.17, 15) is 0 Å². The number of alkyl halides is 1. The quantitative estimate of drug-likeness (QED) is 0.775. The van der Waals surface area contributed by atoms with Crippen molar-refractivity contribution in [2.45, 2.75) is 49.8 Å². The van der Waals surface area contributed by atoms with Gasteiger partial charge in [-0.3, -0.25) is 4.98 Å². The second-order valence-electron chi connectivity index (χ2n) is 5.31. The Kier molecular flexibility index (Phi) is 4.22. The molecule has 0 spiro atoms. The summed E-state index contributed by atoms with van der Waals surface area (Å²) in [5.74, 6) is 2.16. The highest BCUT2D eigenvalue weighted by molar-refractivity contribution is 7.99. The summed E-state index contributed by atoms with van der Waals surface area (Å²) in [6.07, 6.45) is 7.50. The Bertz CT molecular complexity index is 596. The summed E-state index contributed by atoms with van der Waals surface area (Å²) in [6.45, 7) is 4.24. The van der Waals surface area contributed by atoms with E-state index in [1.165, 1.54) is 30.5 Å². The molecular formula is C15H20ClN3S. The average molecular weight is 310 g/mol.